The molecule has 1 aliphatic rings. The van der Waals surface area contributed by atoms with Gasteiger partial charge in [-0.25, -0.2) is 4.98 Å². The van der Waals surface area contributed by atoms with Gasteiger partial charge in [-0.2, -0.15) is 10.5 Å². The maximum Gasteiger partial charge on any atom is 0.289 e. The van der Waals surface area contributed by atoms with E-state index in [1.54, 1.807) is 14.2 Å². The molecule has 27 heavy (non-hydrogen) atoms. The van der Waals surface area contributed by atoms with Crippen LogP contribution >= 0.6 is 0 Å². The molecule has 0 radical (unpaired) electrons. The molecular weight excluding hydrogens is 340 g/mol. The van der Waals surface area contributed by atoms with Gasteiger partial charge in [-0.3, -0.25) is 5.73 Å². The summed E-state index contributed by atoms with van der Waals surface area (Å²) in [5, 5.41) is 19.1. The van der Waals surface area contributed by atoms with E-state index < -0.39 is 0 Å². The molecule has 0 spiro atoms. The number of aromatic amines is 1. The zero-order chi connectivity index (χ0) is 19.7. The number of pyridine rings is 1. The molecule has 6 heteroatoms. The first-order valence-corrected chi connectivity index (χ1v) is 8.28. The molecule has 0 amide bonds. The highest BCUT2D eigenvalue weighted by Crippen LogP contribution is 2.43. The van der Waals surface area contributed by atoms with Crippen LogP contribution < -0.4 is 20.2 Å². The monoisotopic (exact) mass is 359 g/mol. The summed E-state index contributed by atoms with van der Waals surface area (Å²) in [5.41, 5.74) is 11.5. The third-order valence-corrected chi connectivity index (χ3v) is 4.79. The topological polar surface area (TPSA) is 106 Å². The Balaban J connectivity index is 2.34. The Morgan fingerprint density at radius 3 is 2.44 bits per heavy atom. The molecule has 3 rings (SSSR count). The number of hydrogen-bond acceptors (Lipinski definition) is 5. The Hall–Kier alpha value is -3.77. The van der Waals surface area contributed by atoms with Crippen molar-refractivity contribution >= 4 is 23.0 Å². The van der Waals surface area contributed by atoms with Gasteiger partial charge in [0.05, 0.1) is 14.2 Å². The molecule has 3 N–H and O–H groups in total. The number of methoxy groups -OCH3 is 2. The third kappa shape index (κ3) is 2.78. The van der Waals surface area contributed by atoms with E-state index >= 15 is 0 Å². The maximum atomic E-state index is 9.65. The normalized spacial score (nSPS) is 13.9. The van der Waals surface area contributed by atoms with E-state index in [-0.39, 0.29) is 5.82 Å². The van der Waals surface area contributed by atoms with E-state index in [0.717, 1.165) is 27.8 Å². The lowest BCUT2D eigenvalue weighted by Crippen LogP contribution is -2.20. The van der Waals surface area contributed by atoms with Crippen molar-refractivity contribution in [1.29, 1.82) is 10.5 Å². The summed E-state index contributed by atoms with van der Waals surface area (Å²) >= 11 is 0. The quantitative estimate of drug-likeness (QED) is 0.906. The number of anilines is 1. The molecule has 0 saturated carbocycles. The Kier molecular flexibility index (Phi) is 4.58. The van der Waals surface area contributed by atoms with E-state index in [2.05, 4.69) is 17.1 Å². The van der Waals surface area contributed by atoms with E-state index in [1.165, 1.54) is 0 Å². The first-order valence-electron chi connectivity index (χ1n) is 8.28. The zero-order valence-electron chi connectivity index (χ0n) is 15.6. The van der Waals surface area contributed by atoms with Gasteiger partial charge >= 0.3 is 0 Å². The number of hydrogen-bond donors (Lipinski definition) is 1. The fourth-order valence-electron chi connectivity index (χ4n) is 3.38. The average Bonchev–Trinajstić information content (AvgIpc) is 2.92. The van der Waals surface area contributed by atoms with Crippen LogP contribution in [0.4, 0.5) is 5.82 Å². The fourth-order valence-corrected chi connectivity index (χ4v) is 3.38. The van der Waals surface area contributed by atoms with Crippen molar-refractivity contribution in [3.63, 3.8) is 0 Å². The minimum absolute atomic E-state index is 0.259. The average molecular weight is 359 g/mol. The van der Waals surface area contributed by atoms with Crippen LogP contribution in [0.2, 0.25) is 0 Å². The summed E-state index contributed by atoms with van der Waals surface area (Å²) in [6.45, 7) is 3.72. The predicted octanol–water partition coefficient (Wildman–Crippen LogP) is 3.13. The summed E-state index contributed by atoms with van der Waals surface area (Å²) in [4.78, 5) is 3.02. The van der Waals surface area contributed by atoms with Gasteiger partial charge in [0, 0.05) is 11.1 Å². The van der Waals surface area contributed by atoms with E-state index in [0.29, 0.717) is 28.3 Å². The van der Waals surface area contributed by atoms with Gasteiger partial charge in [-0.05, 0) is 54.8 Å². The first kappa shape index (κ1) is 18.0. The van der Waals surface area contributed by atoms with Crippen LogP contribution in [-0.4, -0.2) is 14.2 Å². The smallest absolute Gasteiger partial charge is 0.289 e. The predicted molar refractivity (Wildman–Crippen MR) is 102 cm³/mol. The molecule has 6 nitrogen and oxygen atoms in total. The molecule has 0 bridgehead atoms. The molecule has 0 unspecified atom stereocenters. The molecular formula is C21H19N4O2+. The number of ether oxygens (including phenoxy) is 2. The number of fused-ring (bicyclic) bond motifs is 1. The highest BCUT2D eigenvalue weighted by molar-refractivity contribution is 6.08. The van der Waals surface area contributed by atoms with Crippen LogP contribution in [0.25, 0.3) is 17.2 Å². The van der Waals surface area contributed by atoms with Crippen molar-refractivity contribution in [3.8, 4) is 23.6 Å². The Bertz CT molecular complexity index is 1100. The van der Waals surface area contributed by atoms with Crippen LogP contribution in [0, 0.1) is 29.6 Å². The van der Waals surface area contributed by atoms with Gasteiger partial charge in [0.1, 0.15) is 34.8 Å². The number of H-pyrrole nitrogens is 1. The molecule has 1 aromatic heterocycles. The Morgan fingerprint density at radius 1 is 1.11 bits per heavy atom. The van der Waals surface area contributed by atoms with Crippen molar-refractivity contribution < 1.29 is 14.5 Å². The van der Waals surface area contributed by atoms with Gasteiger partial charge in [-0.15, -0.1) is 0 Å². The minimum atomic E-state index is 0.259. The molecule has 2 aromatic rings. The van der Waals surface area contributed by atoms with Crippen LogP contribution in [-0.2, 0) is 0 Å². The van der Waals surface area contributed by atoms with Crippen LogP contribution in [0.3, 0.4) is 0 Å². The Labute approximate surface area is 157 Å². The van der Waals surface area contributed by atoms with Gasteiger partial charge in [0.2, 0.25) is 0 Å². The second-order valence-electron chi connectivity index (χ2n) is 6.18. The number of benzene rings is 1. The number of rotatable bonds is 3. The van der Waals surface area contributed by atoms with Gasteiger partial charge in [0.15, 0.2) is 5.69 Å². The first-order chi connectivity index (χ1) is 13.0. The van der Waals surface area contributed by atoms with Crippen molar-refractivity contribution in [2.45, 2.75) is 13.8 Å². The number of nitrogens with two attached hydrogens (primary N) is 1. The minimum Gasteiger partial charge on any atom is -0.497 e. The van der Waals surface area contributed by atoms with E-state index in [1.807, 2.05) is 38.1 Å². The summed E-state index contributed by atoms with van der Waals surface area (Å²) in [5.74, 6) is 1.64. The molecule has 0 aliphatic heterocycles. The number of nitrogen functional groups attached to an aromatic ring is 1. The molecule has 134 valence electrons. The summed E-state index contributed by atoms with van der Waals surface area (Å²) in [6, 6.07) is 9.89. The molecule has 0 atom stereocenters. The van der Waals surface area contributed by atoms with Gasteiger partial charge in [0.25, 0.3) is 5.82 Å². The number of allylic oxidation sites excluding steroid dienone is 3. The zero-order valence-corrected chi connectivity index (χ0v) is 15.6. The maximum absolute atomic E-state index is 9.65. The van der Waals surface area contributed by atoms with Crippen molar-refractivity contribution in [1.82, 2.24) is 0 Å². The molecule has 1 heterocycles. The van der Waals surface area contributed by atoms with Crippen molar-refractivity contribution in [2.24, 2.45) is 0 Å². The SMILES string of the molecule is COc1ccc(OC)c(/C=C2\C(C)=C(C#N)c3[nH+]c(N)c(C#N)c(C)c32)c1. The number of aromatic nitrogens is 1. The van der Waals surface area contributed by atoms with E-state index in [4.69, 9.17) is 15.2 Å². The number of nitriles is 2. The summed E-state index contributed by atoms with van der Waals surface area (Å²) in [7, 11) is 3.20. The summed E-state index contributed by atoms with van der Waals surface area (Å²) < 4.78 is 10.8. The van der Waals surface area contributed by atoms with Crippen LogP contribution in [0.5, 0.6) is 11.5 Å². The van der Waals surface area contributed by atoms with Gasteiger partial charge in [-0.1, -0.05) is 0 Å². The second kappa shape index (κ2) is 6.86. The number of nitrogens with one attached hydrogen (secondary N) is 1. The fraction of sp³-hybridized carbons (Fsp3) is 0.190. The summed E-state index contributed by atoms with van der Waals surface area (Å²) in [6.07, 6.45) is 1.94. The lowest BCUT2D eigenvalue weighted by atomic mass is 9.95. The third-order valence-electron chi connectivity index (χ3n) is 4.79. The van der Waals surface area contributed by atoms with Crippen LogP contribution in [0.15, 0.2) is 23.8 Å². The standard InChI is InChI=1S/C21H18N4O2/c1-11-15(8-13-7-14(26-3)5-6-18(13)27-4)19-12(2)17(10-23)21(24)25-20(19)16(11)9-22/h5-8H,1-4H3,(H2,24,25)/p+1/b15-8+. The molecule has 0 fully saturated rings. The molecule has 0 saturated heterocycles. The molecule has 1 aromatic carbocycles. The molecule has 1 aliphatic carbocycles. The highest BCUT2D eigenvalue weighted by Gasteiger charge is 2.32. The van der Waals surface area contributed by atoms with Crippen LogP contribution in [0.1, 0.15) is 34.9 Å². The lowest BCUT2D eigenvalue weighted by Gasteiger charge is -2.11. The van der Waals surface area contributed by atoms with Crippen molar-refractivity contribution in [2.75, 3.05) is 20.0 Å². The highest BCUT2D eigenvalue weighted by atomic mass is 16.5. The second-order valence-corrected chi connectivity index (χ2v) is 6.18. The lowest BCUT2D eigenvalue weighted by molar-refractivity contribution is -0.364. The van der Waals surface area contributed by atoms with Crippen molar-refractivity contribution in [3.05, 3.63) is 51.7 Å². The Morgan fingerprint density at radius 2 is 1.85 bits per heavy atom. The largest absolute Gasteiger partial charge is 0.497 e. The number of nitrogens with zero attached hydrogens (tertiary/aromatic N) is 2. The van der Waals surface area contributed by atoms with E-state index in [9.17, 15) is 10.5 Å². The van der Waals surface area contributed by atoms with Gasteiger partial charge < -0.3 is 9.47 Å².